The van der Waals surface area contributed by atoms with E-state index in [9.17, 15) is 28.8 Å². The number of pyridine rings is 1. The number of fused-ring (bicyclic) bond motifs is 3. The molecule has 23 heteroatoms. The van der Waals surface area contributed by atoms with E-state index in [2.05, 4.69) is 72.5 Å². The molecule has 4 heterocycles. The predicted molar refractivity (Wildman–Crippen MR) is 412 cm³/mol. The number of ketones is 5. The third-order valence-corrected chi connectivity index (χ3v) is 23.5. The number of phenols is 1. The summed E-state index contributed by atoms with van der Waals surface area (Å²) >= 11 is 0. The minimum Gasteiger partial charge on any atom is -0.508 e. The Morgan fingerprint density at radius 2 is 1.33 bits per heavy atom. The van der Waals surface area contributed by atoms with Gasteiger partial charge in [0.25, 0.3) is 0 Å². The van der Waals surface area contributed by atoms with Crippen molar-refractivity contribution >= 4 is 79.9 Å². The number of piperidine rings is 1. The Kier molecular flexibility index (Phi) is 29.4. The summed E-state index contributed by atoms with van der Waals surface area (Å²) in [6.45, 7) is 2.86. The smallest absolute Gasteiger partial charge is 0.224 e. The van der Waals surface area contributed by atoms with E-state index in [1.807, 2.05) is 54.6 Å². The number of para-hydroxylation sites is 1. The lowest BCUT2D eigenvalue weighted by molar-refractivity contribution is -0.136. The lowest BCUT2D eigenvalue weighted by atomic mass is 9.70. The van der Waals surface area contributed by atoms with E-state index in [1.165, 1.54) is 41.3 Å². The number of aliphatic imine (C=N–C) groups is 1. The quantitative estimate of drug-likeness (QED) is 0.0168. The van der Waals surface area contributed by atoms with Crippen LogP contribution in [0.25, 0.3) is 16.5 Å². The topological polar surface area (TPSA) is 365 Å². The Balaban J connectivity index is 0.965. The summed E-state index contributed by atoms with van der Waals surface area (Å²) < 4.78 is 14.3. The maximum atomic E-state index is 15.5. The monoisotopic (exact) mass is 1470 g/mol. The molecule has 566 valence electrons. The number of likely N-dealkylation sites (N-methyl/N-ethyl adjacent to an activating group) is 1. The predicted octanol–water partition coefficient (Wildman–Crippen LogP) is 7.55. The number of carbonyl (C=O) groups is 8. The first-order valence-electron chi connectivity index (χ1n) is 38.0. The zero-order valence-corrected chi connectivity index (χ0v) is 62.1. The fourth-order valence-corrected chi connectivity index (χ4v) is 17.5. The SMILES string of the molecule is C[C@@H](O)[C@@H]1NC(=O)[C@H](CCCCN)CC(=O)[C@@H](Cc2c[nH]c3ccccc23)NC(=O)[C@H](Cc2ccncc2)CC(=O)[C@H](Cc2ccccc2)NC(=O)[C@H](CCCN=C(N)N)CC(=O)[C@H](NCC[S@@](=O)C[C@@H]2C[C@@H]3c4cccc5c4C(=CC5)C[C@H]3N(C)C2)CCCCCC(=O)[C@H](Cc2ccc(O)cc2)CC1=O. The number of nitrogens with two attached hydrogens (primary N) is 3. The number of hydrogen-bond acceptors (Lipinski definition) is 16. The van der Waals surface area contributed by atoms with Crippen molar-refractivity contribution in [2.24, 2.45) is 51.8 Å². The van der Waals surface area contributed by atoms with Gasteiger partial charge in [-0.15, -0.1) is 0 Å². The molecule has 2 aliphatic heterocycles. The van der Waals surface area contributed by atoms with Crippen LogP contribution in [0.1, 0.15) is 155 Å². The van der Waals surface area contributed by atoms with Gasteiger partial charge in [-0.05, 0) is 178 Å². The van der Waals surface area contributed by atoms with Crippen molar-refractivity contribution in [3.63, 3.8) is 0 Å². The number of Topliss-reactive ketones (excluding diaryl/α,β-unsaturated/α-hetero) is 5. The number of likely N-dealkylation sites (tertiary alicyclic amines) is 1. The Morgan fingerprint density at radius 3 is 2.07 bits per heavy atom. The van der Waals surface area contributed by atoms with E-state index in [-0.39, 0.29) is 106 Å². The van der Waals surface area contributed by atoms with Crippen LogP contribution in [0.5, 0.6) is 5.75 Å². The van der Waals surface area contributed by atoms with Gasteiger partial charge in [-0.2, -0.15) is 0 Å². The minimum atomic E-state index is -1.49. The van der Waals surface area contributed by atoms with Crippen LogP contribution in [-0.4, -0.2) is 163 Å². The van der Waals surface area contributed by atoms with Crippen LogP contribution in [-0.2, 0) is 81.3 Å². The molecule has 106 heavy (non-hydrogen) atoms. The molecule has 2 aliphatic carbocycles. The highest BCUT2D eigenvalue weighted by Gasteiger charge is 2.43. The van der Waals surface area contributed by atoms with Crippen LogP contribution < -0.4 is 38.5 Å². The van der Waals surface area contributed by atoms with Crippen molar-refractivity contribution < 1.29 is 52.8 Å². The molecular weight excluding hydrogens is 1360 g/mol. The zero-order valence-electron chi connectivity index (χ0n) is 61.3. The van der Waals surface area contributed by atoms with Gasteiger partial charge in [0.15, 0.2) is 29.1 Å². The third-order valence-electron chi connectivity index (χ3n) is 22.0. The van der Waals surface area contributed by atoms with Gasteiger partial charge in [0, 0.05) is 146 Å². The van der Waals surface area contributed by atoms with Crippen LogP contribution in [0.15, 0.2) is 139 Å². The summed E-state index contributed by atoms with van der Waals surface area (Å²) in [5.74, 6) is -7.09. The summed E-state index contributed by atoms with van der Waals surface area (Å²) in [5, 5.41) is 34.7. The summed E-state index contributed by atoms with van der Waals surface area (Å²) in [4.78, 5) is 135. The van der Waals surface area contributed by atoms with Crippen LogP contribution in [0.3, 0.4) is 0 Å². The fraction of sp³-hybridized carbons (Fsp3) is 0.494. The van der Waals surface area contributed by atoms with Crippen LogP contribution in [0, 0.1) is 29.6 Å². The van der Waals surface area contributed by atoms with Crippen molar-refractivity contribution in [1.29, 1.82) is 0 Å². The van der Waals surface area contributed by atoms with Gasteiger partial charge in [-0.25, -0.2) is 0 Å². The summed E-state index contributed by atoms with van der Waals surface area (Å²) in [5.41, 5.74) is 26.6. The molecule has 4 aromatic carbocycles. The molecule has 4 aliphatic rings. The number of aliphatic hydroxyl groups excluding tert-OH is 1. The number of amides is 3. The van der Waals surface area contributed by atoms with Crippen molar-refractivity contribution in [2.45, 2.75) is 184 Å². The van der Waals surface area contributed by atoms with Gasteiger partial charge in [0.2, 0.25) is 17.7 Å². The molecule has 10 rings (SSSR count). The number of aromatic hydroxyl groups is 1. The van der Waals surface area contributed by atoms with E-state index < -0.39 is 113 Å². The second-order valence-electron chi connectivity index (χ2n) is 29.9. The molecule has 2 fully saturated rings. The molecule has 0 saturated carbocycles. The molecular formula is C83H107N11O11S. The van der Waals surface area contributed by atoms with Gasteiger partial charge in [0.05, 0.1) is 24.2 Å². The molecule has 13 atom stereocenters. The van der Waals surface area contributed by atoms with Crippen molar-refractivity contribution in [1.82, 2.24) is 36.1 Å². The normalized spacial score (nSPS) is 25.1. The van der Waals surface area contributed by atoms with Gasteiger partial charge in [-0.1, -0.05) is 104 Å². The lowest BCUT2D eigenvalue weighted by Crippen LogP contribution is -2.51. The molecule has 2 saturated heterocycles. The maximum absolute atomic E-state index is 15.5. The Labute approximate surface area is 624 Å². The Bertz CT molecular complexity index is 4090. The largest absolute Gasteiger partial charge is 0.508 e. The van der Waals surface area contributed by atoms with E-state index in [0.717, 1.165) is 36.7 Å². The number of aromatic amines is 1. The first-order valence-corrected chi connectivity index (χ1v) is 39.5. The number of rotatable bonds is 23. The number of aliphatic hydroxyl groups is 1. The molecule has 22 nitrogen and oxygen atoms in total. The lowest BCUT2D eigenvalue weighted by Gasteiger charge is -2.46. The Hall–Kier alpha value is -8.87. The van der Waals surface area contributed by atoms with Crippen molar-refractivity contribution in [2.75, 3.05) is 44.7 Å². The number of allylic oxidation sites excluding steroid dienone is 1. The number of carbonyl (C=O) groups excluding carboxylic acids is 8. The average Bonchev–Trinajstić information content (AvgIpc) is 1.48. The van der Waals surface area contributed by atoms with Crippen LogP contribution in [0.4, 0.5) is 0 Å². The number of nitrogens with zero attached hydrogens (tertiary/aromatic N) is 3. The average molecular weight is 1470 g/mol. The van der Waals surface area contributed by atoms with Crippen LogP contribution in [0.2, 0.25) is 0 Å². The van der Waals surface area contributed by atoms with Crippen LogP contribution >= 0.6 is 0 Å². The molecule has 6 aromatic rings. The summed E-state index contributed by atoms with van der Waals surface area (Å²) in [6, 6.07) is 28.6. The van der Waals surface area contributed by atoms with E-state index in [4.69, 9.17) is 17.2 Å². The number of hydrogen-bond donors (Lipinski definition) is 10. The number of aromatic nitrogens is 2. The number of benzene rings is 4. The summed E-state index contributed by atoms with van der Waals surface area (Å²) in [6.07, 6.45) is 10.5. The zero-order chi connectivity index (χ0) is 75.2. The first-order chi connectivity index (χ1) is 51.2. The van der Waals surface area contributed by atoms with E-state index in [0.29, 0.717) is 91.5 Å². The fourth-order valence-electron chi connectivity index (χ4n) is 16.2. The minimum absolute atomic E-state index is 0.0108. The summed E-state index contributed by atoms with van der Waals surface area (Å²) in [7, 11) is 0.905. The highest BCUT2D eigenvalue weighted by atomic mass is 32.2. The number of nitrogens with one attached hydrogen (secondary N) is 5. The van der Waals surface area contributed by atoms with Gasteiger partial charge < -0.3 is 58.6 Å². The van der Waals surface area contributed by atoms with Crippen molar-refractivity contribution in [3.05, 3.63) is 173 Å². The molecule has 3 amide bonds. The maximum Gasteiger partial charge on any atom is 0.224 e. The van der Waals surface area contributed by atoms with Gasteiger partial charge in [0.1, 0.15) is 17.6 Å². The third kappa shape index (κ3) is 22.4. The van der Waals surface area contributed by atoms with Gasteiger partial charge in [-0.3, -0.25) is 52.5 Å². The molecule has 0 bridgehead atoms. The standard InChI is InChI=1S/C83H107N11O11S/c1-52(95)79-77(101)47-61(39-54-25-29-64(96)30-26-54)73(97)24-8-4-7-23-69(88-37-38-106(105)51-56-41-67-66-21-13-18-57-27-28-58(78(57)66)44-72(67)94(2)50-56)74(98)45-60(19-14-34-89-83(85)86)80(102)91-70(42-53-15-5-3-6-16-53)76(100)48-62(40-55-31-35-87-36-32-55)82(104)92-71(43-63-49-90-68-22-10-9-20-65(63)68)75(99)46-59(81(103)93-79)17-11-12-33-84/h3,5-6,9-10,13,15-16,18,20-22,25-26,28-32,35-36,49,52,56,59-62,67,69-72,79,88,90,95-96H,4,7-8,11-12,14,17,19,23-24,27,33-34,37-48,50-51,84H2,1-2H3,(H,91,102)(H,92,104)(H,93,103)(H4,85,86,89)/t52-,56-,59-,60-,61-,62-,67-,69-,70+,71-,72-,79+,106-/m1/s1. The van der Waals surface area contributed by atoms with Crippen molar-refractivity contribution in [3.8, 4) is 5.75 Å². The molecule has 13 N–H and O–H groups in total. The number of unbranched alkanes of at least 4 members (excludes halogenated alkanes) is 1. The number of guanidine groups is 1. The second kappa shape index (κ2) is 39.1. The number of phenolic OH excluding ortho intramolecular Hbond substituents is 1. The number of H-pyrrole nitrogens is 1. The molecule has 0 radical (unpaired) electrons. The Morgan fingerprint density at radius 1 is 0.679 bits per heavy atom. The highest BCUT2D eigenvalue weighted by Crippen LogP contribution is 2.49. The van der Waals surface area contributed by atoms with E-state index in [1.54, 1.807) is 42.9 Å². The van der Waals surface area contributed by atoms with E-state index >= 15 is 24.0 Å². The first kappa shape index (κ1) is 79.7. The molecule has 2 aromatic heterocycles. The van der Waals surface area contributed by atoms with Gasteiger partial charge >= 0.3 is 0 Å². The molecule has 0 unspecified atom stereocenters. The highest BCUT2D eigenvalue weighted by molar-refractivity contribution is 7.85. The second-order valence-corrected chi connectivity index (χ2v) is 31.5. The molecule has 0 spiro atoms.